The molecule has 0 radical (unpaired) electrons. The number of aryl methyl sites for hydroxylation is 1. The maximum atomic E-state index is 2.35. The highest BCUT2D eigenvalue weighted by Crippen LogP contribution is 2.40. The van der Waals surface area contributed by atoms with Gasteiger partial charge >= 0.3 is 0 Å². The molecule has 208 valence electrons. The average Bonchev–Trinajstić information content (AvgIpc) is 3.10. The summed E-state index contributed by atoms with van der Waals surface area (Å²) >= 11 is 0. The van der Waals surface area contributed by atoms with Crippen molar-refractivity contribution in [2.45, 2.75) is 6.92 Å². The highest BCUT2D eigenvalue weighted by atomic mass is 31.1. The first-order valence-corrected chi connectivity index (χ1v) is 16.5. The third-order valence-electron chi connectivity index (χ3n) is 8.83. The lowest BCUT2D eigenvalue weighted by Gasteiger charge is -2.19. The summed E-state index contributed by atoms with van der Waals surface area (Å²) in [4.78, 5) is 0. The Bertz CT molecular complexity index is 2190. The van der Waals surface area contributed by atoms with E-state index in [1.165, 1.54) is 76.0 Å². The molecule has 0 bridgehead atoms. The van der Waals surface area contributed by atoms with Gasteiger partial charge in [-0.1, -0.05) is 164 Å². The molecule has 0 fully saturated rings. The van der Waals surface area contributed by atoms with Crippen LogP contribution in [0.2, 0.25) is 0 Å². The highest BCUT2D eigenvalue weighted by molar-refractivity contribution is 7.79. The zero-order valence-electron chi connectivity index (χ0n) is 24.6. The topological polar surface area (TPSA) is 0 Å². The molecule has 0 saturated carbocycles. The van der Waals surface area contributed by atoms with Crippen LogP contribution in [0.25, 0.3) is 54.6 Å². The van der Waals surface area contributed by atoms with E-state index >= 15 is 0 Å². The van der Waals surface area contributed by atoms with Gasteiger partial charge in [-0.15, -0.1) is 0 Å². The van der Waals surface area contributed by atoms with E-state index < -0.39 is 7.92 Å². The normalized spacial score (nSPS) is 11.5. The van der Waals surface area contributed by atoms with Crippen molar-refractivity contribution in [1.29, 1.82) is 0 Å². The van der Waals surface area contributed by atoms with Gasteiger partial charge in [-0.3, -0.25) is 0 Å². The molecule has 0 aliphatic rings. The van der Waals surface area contributed by atoms with E-state index in [2.05, 4.69) is 177 Å². The van der Waals surface area contributed by atoms with Gasteiger partial charge in [0.15, 0.2) is 0 Å². The SMILES string of the molecule is Cc1c(-c2cccc(-c3ccc(P(c4ccccc4)c4ccccc4)cc3)c2)ccc2c3ccccc3c3ccccc3c12. The zero-order valence-corrected chi connectivity index (χ0v) is 25.5. The van der Waals surface area contributed by atoms with Crippen molar-refractivity contribution in [3.8, 4) is 22.3 Å². The smallest absolute Gasteiger partial charge is 0.00635 e. The minimum atomic E-state index is -0.619. The molecule has 8 aromatic carbocycles. The Hall–Kier alpha value is -5.03. The van der Waals surface area contributed by atoms with Crippen LogP contribution in [0.15, 0.2) is 170 Å². The van der Waals surface area contributed by atoms with Crippen LogP contribution < -0.4 is 15.9 Å². The molecular weight excluding hydrogens is 547 g/mol. The van der Waals surface area contributed by atoms with Crippen LogP contribution >= 0.6 is 7.92 Å². The first-order chi connectivity index (χ1) is 21.8. The summed E-state index contributed by atoms with van der Waals surface area (Å²) in [5.74, 6) is 0. The van der Waals surface area contributed by atoms with Crippen LogP contribution in [-0.4, -0.2) is 0 Å². The number of hydrogen-bond donors (Lipinski definition) is 0. The van der Waals surface area contributed by atoms with Crippen LogP contribution in [0.5, 0.6) is 0 Å². The predicted molar refractivity (Wildman–Crippen MR) is 193 cm³/mol. The molecule has 0 spiro atoms. The Labute approximate surface area is 260 Å². The summed E-state index contributed by atoms with van der Waals surface area (Å²) in [7, 11) is -0.619. The van der Waals surface area contributed by atoms with Gasteiger partial charge < -0.3 is 0 Å². The van der Waals surface area contributed by atoms with Crippen molar-refractivity contribution < 1.29 is 0 Å². The third-order valence-corrected chi connectivity index (χ3v) is 11.3. The van der Waals surface area contributed by atoms with Crippen molar-refractivity contribution in [2.24, 2.45) is 0 Å². The Balaban J connectivity index is 1.21. The molecule has 44 heavy (non-hydrogen) atoms. The van der Waals surface area contributed by atoms with Crippen molar-refractivity contribution in [3.05, 3.63) is 175 Å². The number of rotatable bonds is 5. The summed E-state index contributed by atoms with van der Waals surface area (Å²) in [5.41, 5.74) is 6.34. The van der Waals surface area contributed by atoms with Crippen LogP contribution in [0.1, 0.15) is 5.56 Å². The molecule has 0 unspecified atom stereocenters. The zero-order chi connectivity index (χ0) is 29.5. The Morgan fingerprint density at radius 1 is 0.341 bits per heavy atom. The lowest BCUT2D eigenvalue weighted by Crippen LogP contribution is -2.20. The maximum Gasteiger partial charge on any atom is -0.00635 e. The molecule has 0 amide bonds. The fourth-order valence-electron chi connectivity index (χ4n) is 6.76. The van der Waals surface area contributed by atoms with Crippen LogP contribution in [-0.2, 0) is 0 Å². The fraction of sp³-hybridized carbons (Fsp3) is 0.0233. The maximum absolute atomic E-state index is 2.35. The summed E-state index contributed by atoms with van der Waals surface area (Å²) in [6.45, 7) is 2.29. The summed E-state index contributed by atoms with van der Waals surface area (Å²) in [5, 5.41) is 12.0. The quantitative estimate of drug-likeness (QED) is 0.141. The molecule has 8 aromatic rings. The van der Waals surface area contributed by atoms with Gasteiger partial charge in [0.1, 0.15) is 0 Å². The van der Waals surface area contributed by atoms with Crippen LogP contribution in [0, 0.1) is 6.92 Å². The Morgan fingerprint density at radius 3 is 1.43 bits per heavy atom. The predicted octanol–water partition coefficient (Wildman–Crippen LogP) is 10.5. The summed E-state index contributed by atoms with van der Waals surface area (Å²) in [6, 6.07) is 62.4. The second kappa shape index (κ2) is 11.2. The molecule has 0 saturated heterocycles. The first kappa shape index (κ1) is 26.6. The minimum absolute atomic E-state index is 0.619. The molecule has 1 heteroatoms. The molecule has 8 rings (SSSR count). The molecule has 0 aliphatic heterocycles. The van der Waals surface area contributed by atoms with Gasteiger partial charge in [0.05, 0.1) is 0 Å². The fourth-order valence-corrected chi connectivity index (χ4v) is 9.04. The van der Waals surface area contributed by atoms with Gasteiger partial charge in [0.25, 0.3) is 0 Å². The van der Waals surface area contributed by atoms with Crippen molar-refractivity contribution >= 4 is 56.2 Å². The van der Waals surface area contributed by atoms with Gasteiger partial charge in [0, 0.05) is 0 Å². The van der Waals surface area contributed by atoms with E-state index in [0.717, 1.165) is 0 Å². The largest absolute Gasteiger partial charge is 0.0622 e. The van der Waals surface area contributed by atoms with Crippen LogP contribution in [0.4, 0.5) is 0 Å². The van der Waals surface area contributed by atoms with Gasteiger partial charge in [-0.25, -0.2) is 0 Å². The second-order valence-corrected chi connectivity index (χ2v) is 13.6. The van der Waals surface area contributed by atoms with Crippen molar-refractivity contribution in [1.82, 2.24) is 0 Å². The van der Waals surface area contributed by atoms with Gasteiger partial charge in [-0.05, 0) is 97.0 Å². The lowest BCUT2D eigenvalue weighted by molar-refractivity contribution is 1.51. The number of fused-ring (bicyclic) bond motifs is 6. The Morgan fingerprint density at radius 2 is 0.818 bits per heavy atom. The number of benzene rings is 8. The lowest BCUT2D eigenvalue weighted by atomic mass is 9.88. The van der Waals surface area contributed by atoms with Gasteiger partial charge in [-0.2, -0.15) is 0 Å². The van der Waals surface area contributed by atoms with Crippen molar-refractivity contribution in [3.63, 3.8) is 0 Å². The van der Waals surface area contributed by atoms with E-state index in [1.54, 1.807) is 0 Å². The molecule has 0 aliphatic carbocycles. The molecular formula is C43H31P. The molecule has 0 nitrogen and oxygen atoms in total. The molecule has 0 N–H and O–H groups in total. The van der Waals surface area contributed by atoms with Crippen molar-refractivity contribution in [2.75, 3.05) is 0 Å². The summed E-state index contributed by atoms with van der Waals surface area (Å²) in [6.07, 6.45) is 0. The standard InChI is InChI=1S/C43H31P/c1-30-37(27-28-42-40-21-9-8-19-38(40)39-20-10-11-22-41(39)43(30)42)33-14-12-13-32(29-33)31-23-25-36(26-24-31)44(34-15-4-2-5-16-34)35-17-6-3-7-18-35/h2-29H,1H3. The van der Waals surface area contributed by atoms with E-state index in [-0.39, 0.29) is 0 Å². The number of hydrogen-bond acceptors (Lipinski definition) is 0. The van der Waals surface area contributed by atoms with Gasteiger partial charge in [0.2, 0.25) is 0 Å². The highest BCUT2D eigenvalue weighted by Gasteiger charge is 2.17. The molecule has 0 heterocycles. The average molecular weight is 579 g/mol. The second-order valence-electron chi connectivity index (χ2n) is 11.4. The molecule has 0 aromatic heterocycles. The molecule has 0 atom stereocenters. The monoisotopic (exact) mass is 578 g/mol. The van der Waals surface area contributed by atoms with E-state index in [0.29, 0.717) is 0 Å². The summed E-state index contributed by atoms with van der Waals surface area (Å²) < 4.78 is 0. The third kappa shape index (κ3) is 4.60. The first-order valence-electron chi connectivity index (χ1n) is 15.2. The van der Waals surface area contributed by atoms with Crippen LogP contribution in [0.3, 0.4) is 0 Å². The minimum Gasteiger partial charge on any atom is -0.0622 e. The van der Waals surface area contributed by atoms with E-state index in [9.17, 15) is 0 Å². The van der Waals surface area contributed by atoms with E-state index in [4.69, 9.17) is 0 Å². The van der Waals surface area contributed by atoms with E-state index in [1.807, 2.05) is 0 Å². The Kier molecular flexibility index (Phi) is 6.79.